The third-order valence-corrected chi connectivity index (χ3v) is 3.90. The van der Waals surface area contributed by atoms with Crippen LogP contribution in [0.15, 0.2) is 30.5 Å². The Balaban J connectivity index is 2.08. The second kappa shape index (κ2) is 6.37. The summed E-state index contributed by atoms with van der Waals surface area (Å²) in [4.78, 5) is 5.38. The van der Waals surface area contributed by atoms with Gasteiger partial charge in [-0.1, -0.05) is 18.2 Å². The lowest BCUT2D eigenvalue weighted by Gasteiger charge is -2.07. The summed E-state index contributed by atoms with van der Waals surface area (Å²) in [6.45, 7) is 0.626. The number of thiazole rings is 1. The van der Waals surface area contributed by atoms with Crippen molar-refractivity contribution in [2.45, 2.75) is 25.4 Å². The molecule has 2 rings (SSSR count). The molecule has 0 aliphatic heterocycles. The average molecular weight is 300 g/mol. The van der Waals surface area contributed by atoms with Gasteiger partial charge in [-0.15, -0.1) is 11.3 Å². The molecule has 0 radical (unpaired) electrons. The van der Waals surface area contributed by atoms with Crippen LogP contribution in [0.25, 0.3) is 0 Å². The van der Waals surface area contributed by atoms with Crippen molar-refractivity contribution in [2.24, 2.45) is 5.73 Å². The zero-order valence-electron chi connectivity index (χ0n) is 10.8. The summed E-state index contributed by atoms with van der Waals surface area (Å²) in [6.07, 6.45) is -0.326. The molecule has 0 saturated carbocycles. The van der Waals surface area contributed by atoms with Crippen molar-refractivity contribution in [2.75, 3.05) is 6.54 Å². The number of halogens is 3. The molecule has 0 spiro atoms. The summed E-state index contributed by atoms with van der Waals surface area (Å²) in [5.74, 6) is 0. The van der Waals surface area contributed by atoms with Crippen LogP contribution in [0.4, 0.5) is 13.2 Å². The van der Waals surface area contributed by atoms with Gasteiger partial charge in [0, 0.05) is 17.5 Å². The van der Waals surface area contributed by atoms with E-state index in [4.69, 9.17) is 5.73 Å². The Hall–Kier alpha value is -1.40. The first-order chi connectivity index (χ1) is 9.49. The molecule has 1 heterocycles. The van der Waals surface area contributed by atoms with Gasteiger partial charge in [-0.3, -0.25) is 0 Å². The van der Waals surface area contributed by atoms with Gasteiger partial charge in [0.15, 0.2) is 0 Å². The Bertz CT molecular complexity index is 564. The molecular formula is C14H15F3N2S. The molecular weight excluding hydrogens is 285 g/mol. The van der Waals surface area contributed by atoms with E-state index < -0.39 is 11.7 Å². The second-order valence-electron chi connectivity index (χ2n) is 4.49. The van der Waals surface area contributed by atoms with Gasteiger partial charge in [0.25, 0.3) is 0 Å². The summed E-state index contributed by atoms with van der Waals surface area (Å²) in [5.41, 5.74) is 5.45. The standard InChI is InChI=1S/C14H15F3N2S/c15-14(16,17)11-4-1-3-10(7-11)8-13-19-9-12(20-13)5-2-6-18/h1,3-4,7,9H,2,5-6,8,18H2. The highest BCUT2D eigenvalue weighted by atomic mass is 32.1. The minimum absolute atomic E-state index is 0.428. The molecule has 0 fully saturated rings. The van der Waals surface area contributed by atoms with Gasteiger partial charge < -0.3 is 5.73 Å². The molecule has 0 unspecified atom stereocenters. The monoisotopic (exact) mass is 300 g/mol. The topological polar surface area (TPSA) is 38.9 Å². The normalized spacial score (nSPS) is 11.8. The van der Waals surface area contributed by atoms with E-state index in [1.807, 2.05) is 0 Å². The fraction of sp³-hybridized carbons (Fsp3) is 0.357. The zero-order valence-corrected chi connectivity index (χ0v) is 11.6. The second-order valence-corrected chi connectivity index (χ2v) is 5.69. The predicted octanol–water partition coefficient (Wildman–Crippen LogP) is 3.64. The van der Waals surface area contributed by atoms with Gasteiger partial charge in [0.2, 0.25) is 0 Å². The van der Waals surface area contributed by atoms with Crippen LogP contribution in [0.3, 0.4) is 0 Å². The highest BCUT2D eigenvalue weighted by Gasteiger charge is 2.30. The van der Waals surface area contributed by atoms with Crippen molar-refractivity contribution in [1.82, 2.24) is 4.98 Å². The Kier molecular flexibility index (Phi) is 4.77. The predicted molar refractivity (Wildman–Crippen MR) is 73.7 cm³/mol. The van der Waals surface area contributed by atoms with E-state index >= 15 is 0 Å². The van der Waals surface area contributed by atoms with Gasteiger partial charge >= 0.3 is 6.18 Å². The first-order valence-electron chi connectivity index (χ1n) is 6.29. The third kappa shape index (κ3) is 4.05. The first-order valence-corrected chi connectivity index (χ1v) is 7.10. The lowest BCUT2D eigenvalue weighted by Crippen LogP contribution is -2.05. The number of alkyl halides is 3. The molecule has 1 aromatic heterocycles. The number of benzene rings is 1. The highest BCUT2D eigenvalue weighted by Crippen LogP contribution is 2.30. The largest absolute Gasteiger partial charge is 0.416 e. The van der Waals surface area contributed by atoms with Crippen LogP contribution in [-0.2, 0) is 19.0 Å². The van der Waals surface area contributed by atoms with E-state index in [1.54, 1.807) is 12.3 Å². The van der Waals surface area contributed by atoms with Gasteiger partial charge in [-0.05, 0) is 31.0 Å². The summed E-state index contributed by atoms with van der Waals surface area (Å²) in [5, 5.41) is 0.830. The number of rotatable bonds is 5. The van der Waals surface area contributed by atoms with E-state index in [0.29, 0.717) is 18.5 Å². The fourth-order valence-electron chi connectivity index (χ4n) is 1.85. The van der Waals surface area contributed by atoms with Gasteiger partial charge in [-0.25, -0.2) is 4.98 Å². The molecule has 0 bridgehead atoms. The molecule has 0 atom stereocenters. The summed E-state index contributed by atoms with van der Waals surface area (Å²) < 4.78 is 37.9. The van der Waals surface area contributed by atoms with Crippen molar-refractivity contribution in [3.63, 3.8) is 0 Å². The van der Waals surface area contributed by atoms with E-state index in [1.165, 1.54) is 23.5 Å². The molecule has 0 aliphatic rings. The maximum Gasteiger partial charge on any atom is 0.416 e. The lowest BCUT2D eigenvalue weighted by atomic mass is 10.1. The van der Waals surface area contributed by atoms with Crippen LogP contribution < -0.4 is 5.73 Å². The third-order valence-electron chi connectivity index (χ3n) is 2.84. The number of nitrogens with two attached hydrogens (primary N) is 1. The first kappa shape index (κ1) is 15.0. The highest BCUT2D eigenvalue weighted by molar-refractivity contribution is 7.11. The van der Waals surface area contributed by atoms with Crippen LogP contribution >= 0.6 is 11.3 Å². The Morgan fingerprint density at radius 3 is 2.75 bits per heavy atom. The van der Waals surface area contributed by atoms with Crippen molar-refractivity contribution in [3.8, 4) is 0 Å². The van der Waals surface area contributed by atoms with Crippen molar-refractivity contribution in [1.29, 1.82) is 0 Å². The van der Waals surface area contributed by atoms with Crippen LogP contribution in [0.2, 0.25) is 0 Å². The minimum Gasteiger partial charge on any atom is -0.330 e. The Labute approximate surface area is 119 Å². The maximum atomic E-state index is 12.6. The van der Waals surface area contributed by atoms with E-state index in [0.717, 1.165) is 28.8 Å². The van der Waals surface area contributed by atoms with Crippen molar-refractivity contribution >= 4 is 11.3 Å². The van der Waals surface area contributed by atoms with E-state index in [-0.39, 0.29) is 0 Å². The number of hydrogen-bond acceptors (Lipinski definition) is 3. The minimum atomic E-state index is -4.30. The van der Waals surface area contributed by atoms with Crippen LogP contribution in [0, 0.1) is 0 Å². The molecule has 0 saturated heterocycles. The number of nitrogens with zero attached hydrogens (tertiary/aromatic N) is 1. The molecule has 1 aromatic carbocycles. The lowest BCUT2D eigenvalue weighted by molar-refractivity contribution is -0.137. The van der Waals surface area contributed by atoms with Crippen LogP contribution in [0.5, 0.6) is 0 Å². The molecule has 2 N–H and O–H groups in total. The van der Waals surface area contributed by atoms with Crippen molar-refractivity contribution in [3.05, 3.63) is 51.5 Å². The zero-order chi connectivity index (χ0) is 14.6. The van der Waals surface area contributed by atoms with Gasteiger partial charge in [-0.2, -0.15) is 13.2 Å². The summed E-state index contributed by atoms with van der Waals surface area (Å²) in [7, 11) is 0. The molecule has 20 heavy (non-hydrogen) atoms. The summed E-state index contributed by atoms with van der Waals surface area (Å²) in [6, 6.07) is 5.39. The molecule has 6 heteroatoms. The SMILES string of the molecule is NCCCc1cnc(Cc2cccc(C(F)(F)F)c2)s1. The Morgan fingerprint density at radius 2 is 2.05 bits per heavy atom. The number of aryl methyl sites for hydroxylation is 1. The molecule has 0 amide bonds. The Morgan fingerprint density at radius 1 is 1.25 bits per heavy atom. The van der Waals surface area contributed by atoms with Crippen LogP contribution in [-0.4, -0.2) is 11.5 Å². The smallest absolute Gasteiger partial charge is 0.330 e. The molecule has 108 valence electrons. The molecule has 2 aromatic rings. The van der Waals surface area contributed by atoms with E-state index in [9.17, 15) is 13.2 Å². The number of hydrogen-bond donors (Lipinski definition) is 1. The average Bonchev–Trinajstić information content (AvgIpc) is 2.83. The molecule has 0 aliphatic carbocycles. The van der Waals surface area contributed by atoms with Crippen molar-refractivity contribution < 1.29 is 13.2 Å². The molecule has 2 nitrogen and oxygen atoms in total. The van der Waals surface area contributed by atoms with Crippen LogP contribution in [0.1, 0.15) is 27.4 Å². The number of aromatic nitrogens is 1. The fourth-order valence-corrected chi connectivity index (χ4v) is 2.85. The summed E-state index contributed by atoms with van der Waals surface area (Å²) >= 11 is 1.53. The maximum absolute atomic E-state index is 12.6. The van der Waals surface area contributed by atoms with E-state index in [2.05, 4.69) is 4.98 Å². The quantitative estimate of drug-likeness (QED) is 0.915. The van der Waals surface area contributed by atoms with Gasteiger partial charge in [0.1, 0.15) is 0 Å². The van der Waals surface area contributed by atoms with Gasteiger partial charge in [0.05, 0.1) is 10.6 Å².